The maximum absolute atomic E-state index is 13.0. The van der Waals surface area contributed by atoms with Gasteiger partial charge in [0.25, 0.3) is 0 Å². The number of carboxylic acids is 1. The summed E-state index contributed by atoms with van der Waals surface area (Å²) in [7, 11) is 0. The lowest BCUT2D eigenvalue weighted by atomic mass is 9.79. The minimum absolute atomic E-state index is 0.216. The largest absolute Gasteiger partial charge is 0.493 e. The number of rotatable bonds is 12. The molecule has 9 aromatic rings. The van der Waals surface area contributed by atoms with Crippen LogP contribution in [0, 0.1) is 0 Å². The molecule has 0 spiro atoms. The Kier molecular flexibility index (Phi) is 31.5. The lowest BCUT2D eigenvalue weighted by molar-refractivity contribution is -0.139. The van der Waals surface area contributed by atoms with Gasteiger partial charge in [0.1, 0.15) is 79.0 Å². The van der Waals surface area contributed by atoms with Gasteiger partial charge in [-0.05, 0) is 195 Å². The molecule has 0 fully saturated rings. The third kappa shape index (κ3) is 25.7. The standard InChI is InChI=1S/C115H152O14/c1-27-34-122-100-75-48-79-60-93(110(9,10)11)61-80-49-76-57-92(109(6,7)8)59-78(101(76)123-35-28-2)51-82-63-94(111(12,13)14)62-81(50-77(100)58-91(56-75)108(3,4)5)103(82)125-45-41-119-37-39-121-43-47-127-105-84-52-83-64-95(112(15,16)17)66-85(104(83)126-46-42-120-38-36-118-40-44-124-102(79)80)53-87-68-97(114(21,22)23)69-88(106(87)128-72-74-32-30-29-31-33-74)55-90-71-98(115(24,25)26)70-89(107(90)129-73-99(116)117)54-86(105)67-96(65-84)113(18,19)20/h29-33,56-71H,27-28,34-55,72-73H2,1-26H3,(H,116,117). The third-order valence-electron chi connectivity index (χ3n) is 25.0. The smallest absolute Gasteiger partial charge is 0.341 e. The molecule has 20 bridgehead atoms. The van der Waals surface area contributed by atoms with Gasteiger partial charge in [-0.3, -0.25) is 0 Å². The normalized spacial score (nSPS) is 15.4. The predicted molar refractivity (Wildman–Crippen MR) is 524 cm³/mol. The van der Waals surface area contributed by atoms with Crippen LogP contribution in [0.15, 0.2) is 127 Å². The lowest BCUT2D eigenvalue weighted by Crippen LogP contribution is -2.19. The van der Waals surface area contributed by atoms with Gasteiger partial charge in [0.15, 0.2) is 6.61 Å². The number of carboxylic acid groups (broad SMARTS) is 1. The first kappa shape index (κ1) is 98.7. The highest BCUT2D eigenvalue weighted by molar-refractivity contribution is 5.69. The van der Waals surface area contributed by atoms with Gasteiger partial charge in [0, 0.05) is 51.4 Å². The van der Waals surface area contributed by atoms with Crippen molar-refractivity contribution in [3.05, 3.63) is 266 Å². The summed E-state index contributed by atoms with van der Waals surface area (Å²) in [6.45, 7) is 63.5. The highest BCUT2D eigenvalue weighted by Gasteiger charge is 2.35. The Labute approximate surface area is 773 Å². The van der Waals surface area contributed by atoms with Gasteiger partial charge >= 0.3 is 5.97 Å². The Bertz CT molecular complexity index is 5120. The van der Waals surface area contributed by atoms with E-state index in [1.807, 2.05) is 18.2 Å². The van der Waals surface area contributed by atoms with Gasteiger partial charge in [0.2, 0.25) is 0 Å². The van der Waals surface area contributed by atoms with Crippen LogP contribution in [-0.2, 0) is 125 Å². The van der Waals surface area contributed by atoms with Gasteiger partial charge in [-0.1, -0.05) is 307 Å². The topological polar surface area (TPSA) is 148 Å². The average molecular weight is 1760 g/mol. The van der Waals surface area contributed by atoms with Crippen molar-refractivity contribution >= 4 is 5.97 Å². The minimum Gasteiger partial charge on any atom is -0.493 e. The lowest BCUT2D eigenvalue weighted by Gasteiger charge is -2.29. The van der Waals surface area contributed by atoms with E-state index in [4.69, 9.17) is 56.8 Å². The van der Waals surface area contributed by atoms with Crippen molar-refractivity contribution in [3.63, 3.8) is 0 Å². The quantitative estimate of drug-likeness (QED) is 0.116. The Hall–Kier alpha value is -9.31. The number of aliphatic carboxylic acids is 1. The van der Waals surface area contributed by atoms with Crippen LogP contribution in [0.5, 0.6) is 46.0 Å². The minimum atomic E-state index is -1.07. The molecule has 696 valence electrons. The fraction of sp³-hybridized carbons (Fsp3) is 0.522. The van der Waals surface area contributed by atoms with Crippen molar-refractivity contribution in [2.24, 2.45) is 0 Å². The first-order chi connectivity index (χ1) is 60.7. The monoisotopic (exact) mass is 1760 g/mol. The molecule has 0 radical (unpaired) electrons. The number of hydrogen-bond acceptors (Lipinski definition) is 13. The van der Waals surface area contributed by atoms with Crippen molar-refractivity contribution in [1.29, 1.82) is 0 Å². The van der Waals surface area contributed by atoms with E-state index in [9.17, 15) is 9.90 Å². The van der Waals surface area contributed by atoms with Crippen LogP contribution in [0.1, 0.15) is 332 Å². The molecule has 4 aliphatic rings. The van der Waals surface area contributed by atoms with Gasteiger partial charge in [-0.25, -0.2) is 4.79 Å². The summed E-state index contributed by atoms with van der Waals surface area (Å²) in [4.78, 5) is 13.0. The molecule has 0 atom stereocenters. The summed E-state index contributed by atoms with van der Waals surface area (Å²) < 4.78 is 84.5. The maximum Gasteiger partial charge on any atom is 0.341 e. The summed E-state index contributed by atoms with van der Waals surface area (Å²) in [6.07, 6.45) is 5.44. The number of hydrogen-bond donors (Lipinski definition) is 1. The second kappa shape index (κ2) is 41.2. The zero-order chi connectivity index (χ0) is 93.3. The number of ether oxygens (including phenoxy) is 12. The predicted octanol–water partition coefficient (Wildman–Crippen LogP) is 25.3. The molecule has 9 aromatic carbocycles. The number of carbonyl (C=O) groups is 1. The van der Waals surface area contributed by atoms with E-state index in [0.29, 0.717) is 123 Å². The highest BCUT2D eigenvalue weighted by atomic mass is 16.6. The molecule has 129 heavy (non-hydrogen) atoms. The zero-order valence-electron chi connectivity index (χ0n) is 83.3. The van der Waals surface area contributed by atoms with Crippen LogP contribution >= 0.6 is 0 Å². The number of benzene rings is 9. The molecule has 0 amide bonds. The van der Waals surface area contributed by atoms with Crippen LogP contribution in [0.25, 0.3) is 0 Å². The SMILES string of the molecule is CCCOc1c2cc(C(C)(C)C)cc1Cc1cc(C(C)(C)C)cc3c1OCCOCCOCCOc1c4cc(C(C)(C)C)cc1Cc1cc(C(C)(C)C)cc(c1OCc1ccccc1)Cc1cc(C(C)(C)C)cc(c1OCC(=O)O)Cc1cc(C(C)(C)C)cc(c1OCCOCCOCCOc1c(cc(C(C)(C)C)cc1Cc1cc(C(C)(C)C)cc(c1OCCC)C3)C2)C4. The number of fused-ring (bicyclic) bond motifs is 22. The Morgan fingerprint density at radius 1 is 0.264 bits per heavy atom. The first-order valence-electron chi connectivity index (χ1n) is 47.6. The second-order valence-electron chi connectivity index (χ2n) is 44.4. The van der Waals surface area contributed by atoms with E-state index in [1.54, 1.807) is 0 Å². The van der Waals surface area contributed by atoms with Crippen LogP contribution in [0.4, 0.5) is 0 Å². The van der Waals surface area contributed by atoms with Crippen LogP contribution in [0.2, 0.25) is 0 Å². The van der Waals surface area contributed by atoms with Gasteiger partial charge in [-0.2, -0.15) is 0 Å². The van der Waals surface area contributed by atoms with Gasteiger partial charge < -0.3 is 61.9 Å². The molecule has 2 aliphatic heterocycles. The summed E-state index contributed by atoms with van der Waals surface area (Å²) in [5.74, 6) is 5.20. The summed E-state index contributed by atoms with van der Waals surface area (Å²) in [5, 5.41) is 10.6. The van der Waals surface area contributed by atoms with E-state index in [1.165, 1.54) is 22.3 Å². The fourth-order valence-electron chi connectivity index (χ4n) is 17.5. The van der Waals surface area contributed by atoms with Crippen LogP contribution < -0.4 is 37.9 Å². The van der Waals surface area contributed by atoms with E-state index < -0.39 is 12.6 Å². The van der Waals surface area contributed by atoms with Crippen molar-refractivity contribution in [1.82, 2.24) is 0 Å². The molecule has 2 aliphatic carbocycles. The van der Waals surface area contributed by atoms with E-state index >= 15 is 0 Å². The first-order valence-corrected chi connectivity index (χ1v) is 47.6. The molecule has 14 nitrogen and oxygen atoms in total. The molecule has 0 unspecified atom stereocenters. The summed E-state index contributed by atoms with van der Waals surface area (Å²) >= 11 is 0. The van der Waals surface area contributed by atoms with E-state index in [0.717, 1.165) is 170 Å². The van der Waals surface area contributed by atoms with Crippen molar-refractivity contribution in [2.45, 2.75) is 294 Å². The Balaban J connectivity index is 1.02. The van der Waals surface area contributed by atoms with E-state index in [2.05, 4.69) is 289 Å². The van der Waals surface area contributed by atoms with Crippen LogP contribution in [-0.4, -0.2) is 110 Å². The molecule has 0 saturated heterocycles. The third-order valence-corrected chi connectivity index (χ3v) is 25.0. The summed E-state index contributed by atoms with van der Waals surface area (Å²) in [5.41, 5.74) is 24.6. The molecule has 0 saturated carbocycles. The second-order valence-corrected chi connectivity index (χ2v) is 44.4. The molecular weight excluding hydrogens is 1610 g/mol. The Morgan fingerprint density at radius 3 is 0.659 bits per heavy atom. The van der Waals surface area contributed by atoms with Crippen molar-refractivity contribution in [2.75, 3.05) is 99.1 Å². The van der Waals surface area contributed by atoms with Crippen molar-refractivity contribution in [3.8, 4) is 46.0 Å². The molecule has 1 N–H and O–H groups in total. The van der Waals surface area contributed by atoms with E-state index in [-0.39, 0.29) is 76.4 Å². The molecule has 14 heteroatoms. The maximum atomic E-state index is 13.0. The van der Waals surface area contributed by atoms with Crippen molar-refractivity contribution < 1.29 is 66.7 Å². The molecular formula is C115H152O14. The molecule has 2 heterocycles. The summed E-state index contributed by atoms with van der Waals surface area (Å²) in [6, 6.07) is 47.8. The zero-order valence-corrected chi connectivity index (χ0v) is 83.3. The molecule has 0 aromatic heterocycles. The average Bonchev–Trinajstić information content (AvgIpc) is 0.760. The molecule has 13 rings (SSSR count). The van der Waals surface area contributed by atoms with Crippen LogP contribution in [0.3, 0.4) is 0 Å². The van der Waals surface area contributed by atoms with Gasteiger partial charge in [-0.15, -0.1) is 0 Å². The fourth-order valence-corrected chi connectivity index (χ4v) is 17.5. The Morgan fingerprint density at radius 2 is 0.450 bits per heavy atom. The highest BCUT2D eigenvalue weighted by Crippen LogP contribution is 2.49. The van der Waals surface area contributed by atoms with Gasteiger partial charge in [0.05, 0.1) is 66.1 Å².